The van der Waals surface area contributed by atoms with Gasteiger partial charge in [0, 0.05) is 11.1 Å². The molecular formula is C27H24. The molecule has 0 aliphatic rings. The molecule has 0 fully saturated rings. The van der Waals surface area contributed by atoms with E-state index in [0.717, 1.165) is 16.7 Å². The number of hydrogen-bond acceptors (Lipinski definition) is 0. The average Bonchev–Trinajstić information content (AvgIpc) is 2.66. The minimum Gasteiger partial charge on any atom is -0.116 e. The Morgan fingerprint density at radius 3 is 1.89 bits per heavy atom. The Morgan fingerprint density at radius 1 is 0.741 bits per heavy atom. The fourth-order valence-electron chi connectivity index (χ4n) is 3.15. The van der Waals surface area contributed by atoms with E-state index in [1.165, 1.54) is 27.8 Å². The molecule has 0 aliphatic heterocycles. The Bertz CT molecular complexity index is 1040. The van der Waals surface area contributed by atoms with Gasteiger partial charge >= 0.3 is 0 Å². The fourth-order valence-corrected chi connectivity index (χ4v) is 3.15. The minimum absolute atomic E-state index is 1.02. The number of aryl methyl sites for hydroxylation is 3. The van der Waals surface area contributed by atoms with Crippen molar-refractivity contribution in [3.05, 3.63) is 111 Å². The number of allylic oxidation sites excluding steroid dienone is 1. The number of rotatable bonds is 2. The van der Waals surface area contributed by atoms with Crippen LogP contribution in [0.5, 0.6) is 0 Å². The van der Waals surface area contributed by atoms with Crippen LogP contribution in [0, 0.1) is 32.6 Å². The lowest BCUT2D eigenvalue weighted by Gasteiger charge is -2.06. The standard InChI is InChI=1S/C27H24/c1-20-18-22(3)27(23(4)19-20)17-10-21(2)26-15-13-25(14-16-26)12-11-24-8-6-5-7-9-24/h5-9,13-19H,1-4H3. The predicted octanol–water partition coefficient (Wildman–Crippen LogP) is 6.73. The zero-order chi connectivity index (χ0) is 19.2. The third kappa shape index (κ3) is 4.89. The van der Waals surface area contributed by atoms with E-state index in [2.05, 4.69) is 87.7 Å². The van der Waals surface area contributed by atoms with Crippen molar-refractivity contribution in [2.24, 2.45) is 0 Å². The molecule has 0 saturated heterocycles. The molecule has 0 heterocycles. The molecule has 0 atom stereocenters. The summed E-state index contributed by atoms with van der Waals surface area (Å²) in [5.74, 6) is 6.41. The lowest BCUT2D eigenvalue weighted by Crippen LogP contribution is -1.88. The molecule has 0 radical (unpaired) electrons. The number of benzene rings is 3. The summed E-state index contributed by atoms with van der Waals surface area (Å²) < 4.78 is 0. The molecular weight excluding hydrogens is 324 g/mol. The number of hydrogen-bond donors (Lipinski definition) is 0. The van der Waals surface area contributed by atoms with Crippen LogP contribution in [0.25, 0.3) is 11.6 Å². The van der Waals surface area contributed by atoms with E-state index in [0.29, 0.717) is 0 Å². The summed E-state index contributed by atoms with van der Waals surface area (Å²) in [4.78, 5) is 0. The Labute approximate surface area is 162 Å². The predicted molar refractivity (Wildman–Crippen MR) is 117 cm³/mol. The highest BCUT2D eigenvalue weighted by atomic mass is 14.0. The molecule has 0 unspecified atom stereocenters. The van der Waals surface area contributed by atoms with Crippen molar-refractivity contribution in [3.8, 4) is 11.8 Å². The van der Waals surface area contributed by atoms with Gasteiger partial charge in [-0.05, 0) is 85.9 Å². The summed E-state index contributed by atoms with van der Waals surface area (Å²) in [5, 5.41) is 0. The topological polar surface area (TPSA) is 0 Å². The Kier molecular flexibility index (Phi) is 5.77. The average molecular weight is 348 g/mol. The van der Waals surface area contributed by atoms with Crippen molar-refractivity contribution < 1.29 is 0 Å². The van der Waals surface area contributed by atoms with E-state index in [-0.39, 0.29) is 0 Å². The van der Waals surface area contributed by atoms with Crippen LogP contribution >= 0.6 is 0 Å². The largest absolute Gasteiger partial charge is 0.116 e. The van der Waals surface area contributed by atoms with Crippen molar-refractivity contribution in [1.29, 1.82) is 0 Å². The zero-order valence-corrected chi connectivity index (χ0v) is 16.4. The van der Waals surface area contributed by atoms with E-state index >= 15 is 0 Å². The van der Waals surface area contributed by atoms with Gasteiger partial charge in [0.05, 0.1) is 0 Å². The SMILES string of the molecule is CC(=C=Cc1c(C)cc(C)cc1C)c1ccc(C#Cc2ccccc2)cc1. The molecule has 0 bridgehead atoms. The van der Waals surface area contributed by atoms with Gasteiger partial charge in [-0.3, -0.25) is 0 Å². The molecule has 3 rings (SSSR count). The van der Waals surface area contributed by atoms with Crippen LogP contribution < -0.4 is 0 Å². The molecule has 0 nitrogen and oxygen atoms in total. The first-order chi connectivity index (χ1) is 13.0. The minimum atomic E-state index is 1.02. The second-order valence-electron chi connectivity index (χ2n) is 6.92. The van der Waals surface area contributed by atoms with E-state index in [1.54, 1.807) is 0 Å². The molecule has 0 aromatic heterocycles. The lowest BCUT2D eigenvalue weighted by atomic mass is 9.99. The highest BCUT2D eigenvalue weighted by molar-refractivity contribution is 5.69. The van der Waals surface area contributed by atoms with Crippen LogP contribution in [-0.4, -0.2) is 0 Å². The summed E-state index contributed by atoms with van der Waals surface area (Å²) in [7, 11) is 0. The van der Waals surface area contributed by atoms with Crippen molar-refractivity contribution in [2.75, 3.05) is 0 Å². The molecule has 132 valence electrons. The monoisotopic (exact) mass is 348 g/mol. The van der Waals surface area contributed by atoms with Crippen LogP contribution in [0.4, 0.5) is 0 Å². The molecule has 0 spiro atoms. The first kappa shape index (κ1) is 18.5. The quantitative estimate of drug-likeness (QED) is 0.356. The second-order valence-corrected chi connectivity index (χ2v) is 6.92. The Morgan fingerprint density at radius 2 is 1.30 bits per heavy atom. The molecule has 0 N–H and O–H groups in total. The Balaban J connectivity index is 1.83. The highest BCUT2D eigenvalue weighted by Crippen LogP contribution is 2.19. The van der Waals surface area contributed by atoms with Crippen LogP contribution in [0.1, 0.15) is 45.9 Å². The summed E-state index contributed by atoms with van der Waals surface area (Å²) >= 11 is 0. The molecule has 0 heteroatoms. The van der Waals surface area contributed by atoms with Crippen LogP contribution in [0.3, 0.4) is 0 Å². The summed E-state index contributed by atoms with van der Waals surface area (Å²) in [6.45, 7) is 8.54. The van der Waals surface area contributed by atoms with Gasteiger partial charge in [-0.25, -0.2) is 0 Å². The smallest absolute Gasteiger partial charge is 0.0249 e. The van der Waals surface area contributed by atoms with Crippen LogP contribution in [-0.2, 0) is 0 Å². The van der Waals surface area contributed by atoms with Gasteiger partial charge < -0.3 is 0 Å². The van der Waals surface area contributed by atoms with E-state index in [9.17, 15) is 0 Å². The lowest BCUT2D eigenvalue weighted by molar-refractivity contribution is 1.30. The van der Waals surface area contributed by atoms with Crippen LogP contribution in [0.2, 0.25) is 0 Å². The van der Waals surface area contributed by atoms with E-state index in [1.807, 2.05) is 30.3 Å². The van der Waals surface area contributed by atoms with Gasteiger partial charge in [0.25, 0.3) is 0 Å². The third-order valence-corrected chi connectivity index (χ3v) is 4.61. The molecule has 0 saturated carbocycles. The first-order valence-electron chi connectivity index (χ1n) is 9.21. The van der Waals surface area contributed by atoms with Crippen molar-refractivity contribution in [1.82, 2.24) is 0 Å². The van der Waals surface area contributed by atoms with Gasteiger partial charge in [-0.1, -0.05) is 59.9 Å². The van der Waals surface area contributed by atoms with Gasteiger partial charge in [-0.2, -0.15) is 0 Å². The van der Waals surface area contributed by atoms with Crippen LogP contribution in [0.15, 0.2) is 72.5 Å². The van der Waals surface area contributed by atoms with E-state index in [4.69, 9.17) is 0 Å². The van der Waals surface area contributed by atoms with Crippen molar-refractivity contribution >= 4 is 11.6 Å². The van der Waals surface area contributed by atoms with Gasteiger partial charge in [-0.15, -0.1) is 5.73 Å². The van der Waals surface area contributed by atoms with Crippen molar-refractivity contribution in [2.45, 2.75) is 27.7 Å². The maximum absolute atomic E-state index is 3.45. The van der Waals surface area contributed by atoms with Gasteiger partial charge in [0.1, 0.15) is 0 Å². The molecule has 3 aromatic rings. The molecule has 0 amide bonds. The summed E-state index contributed by atoms with van der Waals surface area (Å²) in [6, 6.07) is 22.9. The van der Waals surface area contributed by atoms with Gasteiger partial charge in [0.2, 0.25) is 0 Å². The van der Waals surface area contributed by atoms with Crippen molar-refractivity contribution in [3.63, 3.8) is 0 Å². The Hall–Kier alpha value is -3.26. The normalized spacial score (nSPS) is 9.78. The summed E-state index contributed by atoms with van der Waals surface area (Å²) in [6.07, 6.45) is 2.10. The van der Waals surface area contributed by atoms with E-state index < -0.39 is 0 Å². The second kappa shape index (κ2) is 8.41. The maximum Gasteiger partial charge on any atom is 0.0249 e. The molecule has 0 aliphatic carbocycles. The van der Waals surface area contributed by atoms with Gasteiger partial charge in [0.15, 0.2) is 0 Å². The first-order valence-corrected chi connectivity index (χ1v) is 9.21. The third-order valence-electron chi connectivity index (χ3n) is 4.61. The fraction of sp³-hybridized carbons (Fsp3) is 0.148. The zero-order valence-electron chi connectivity index (χ0n) is 16.4. The summed E-state index contributed by atoms with van der Waals surface area (Å²) in [5.41, 5.74) is 12.9. The maximum atomic E-state index is 3.45. The highest BCUT2D eigenvalue weighted by Gasteiger charge is 2.00. The molecule has 3 aromatic carbocycles. The molecule has 27 heavy (non-hydrogen) atoms.